The van der Waals surface area contributed by atoms with Gasteiger partial charge in [0.2, 0.25) is 0 Å². The quantitative estimate of drug-likeness (QED) is 0.742. The largest absolute Gasteiger partial charge is 0.379 e. The first-order valence-corrected chi connectivity index (χ1v) is 9.91. The standard InChI is InChI=1S/C19H33N5O2/c1-14(2)13-21-15-4-5-17-16(12-15)18(22-23(17)3)19(25)20-6-7-24-8-10-26-11-9-24/h14-15,21H,4-13H2,1-3H3,(H,20,25). The Kier molecular flexibility index (Phi) is 6.67. The first-order chi connectivity index (χ1) is 12.5. The second-order valence-corrected chi connectivity index (χ2v) is 7.85. The zero-order chi connectivity index (χ0) is 18.5. The van der Waals surface area contributed by atoms with E-state index in [2.05, 4.69) is 34.5 Å². The van der Waals surface area contributed by atoms with Crippen molar-refractivity contribution in [3.05, 3.63) is 17.0 Å². The first kappa shape index (κ1) is 19.3. The number of carbonyl (C=O) groups excluding carboxylic acids is 1. The van der Waals surface area contributed by atoms with Gasteiger partial charge < -0.3 is 15.4 Å². The highest BCUT2D eigenvalue weighted by atomic mass is 16.5. The fraction of sp³-hybridized carbons (Fsp3) is 0.789. The highest BCUT2D eigenvalue weighted by Crippen LogP contribution is 2.24. The number of rotatable bonds is 7. The van der Waals surface area contributed by atoms with Crippen molar-refractivity contribution in [3.8, 4) is 0 Å². The number of hydrogen-bond acceptors (Lipinski definition) is 5. The lowest BCUT2D eigenvalue weighted by Gasteiger charge is -2.26. The Bertz CT molecular complexity index is 607. The van der Waals surface area contributed by atoms with Crippen molar-refractivity contribution in [3.63, 3.8) is 0 Å². The number of fused-ring (bicyclic) bond motifs is 1. The molecule has 1 aromatic rings. The van der Waals surface area contributed by atoms with Gasteiger partial charge in [-0.05, 0) is 31.7 Å². The number of aromatic nitrogens is 2. The Morgan fingerprint density at radius 2 is 2.12 bits per heavy atom. The molecule has 0 aromatic carbocycles. The summed E-state index contributed by atoms with van der Waals surface area (Å²) in [5.41, 5.74) is 2.95. The highest BCUT2D eigenvalue weighted by Gasteiger charge is 2.28. The summed E-state index contributed by atoms with van der Waals surface area (Å²) in [5, 5.41) is 11.2. The van der Waals surface area contributed by atoms with Crippen LogP contribution < -0.4 is 10.6 Å². The molecule has 1 fully saturated rings. The summed E-state index contributed by atoms with van der Waals surface area (Å²) in [6.45, 7) is 10.4. The average molecular weight is 364 g/mol. The summed E-state index contributed by atoms with van der Waals surface area (Å²) in [5.74, 6) is 0.591. The second kappa shape index (κ2) is 8.97. The summed E-state index contributed by atoms with van der Waals surface area (Å²) in [6, 6.07) is 0.439. The topological polar surface area (TPSA) is 71.4 Å². The first-order valence-electron chi connectivity index (χ1n) is 9.91. The summed E-state index contributed by atoms with van der Waals surface area (Å²) in [4.78, 5) is 15.0. The Morgan fingerprint density at radius 3 is 2.85 bits per heavy atom. The van der Waals surface area contributed by atoms with Crippen molar-refractivity contribution in [2.45, 2.75) is 39.2 Å². The van der Waals surface area contributed by atoms with E-state index in [1.165, 1.54) is 5.69 Å². The molecule has 1 amide bonds. The van der Waals surface area contributed by atoms with Gasteiger partial charge in [-0.2, -0.15) is 5.10 Å². The van der Waals surface area contributed by atoms with Crippen LogP contribution in [-0.2, 0) is 24.6 Å². The van der Waals surface area contributed by atoms with Crippen LogP contribution in [0.15, 0.2) is 0 Å². The van der Waals surface area contributed by atoms with Gasteiger partial charge in [0, 0.05) is 50.5 Å². The van der Waals surface area contributed by atoms with Crippen LogP contribution >= 0.6 is 0 Å². The molecule has 1 unspecified atom stereocenters. The maximum atomic E-state index is 12.7. The van der Waals surface area contributed by atoms with E-state index in [9.17, 15) is 4.79 Å². The predicted octanol–water partition coefficient (Wildman–Crippen LogP) is 0.585. The fourth-order valence-corrected chi connectivity index (χ4v) is 3.78. The maximum Gasteiger partial charge on any atom is 0.272 e. The van der Waals surface area contributed by atoms with Crippen molar-refractivity contribution in [1.82, 2.24) is 25.3 Å². The molecule has 1 saturated heterocycles. The molecule has 1 aromatic heterocycles. The molecule has 7 nitrogen and oxygen atoms in total. The highest BCUT2D eigenvalue weighted by molar-refractivity contribution is 5.94. The number of ether oxygens (including phenoxy) is 1. The molecule has 3 rings (SSSR count). The monoisotopic (exact) mass is 363 g/mol. The molecular weight excluding hydrogens is 330 g/mol. The van der Waals surface area contributed by atoms with Gasteiger partial charge in [-0.1, -0.05) is 13.8 Å². The van der Waals surface area contributed by atoms with E-state index in [0.717, 1.165) is 64.2 Å². The zero-order valence-corrected chi connectivity index (χ0v) is 16.4. The van der Waals surface area contributed by atoms with E-state index in [1.54, 1.807) is 0 Å². The number of carbonyl (C=O) groups is 1. The van der Waals surface area contributed by atoms with E-state index in [0.29, 0.717) is 24.2 Å². The Hall–Kier alpha value is -1.44. The molecule has 0 saturated carbocycles. The zero-order valence-electron chi connectivity index (χ0n) is 16.4. The fourth-order valence-electron chi connectivity index (χ4n) is 3.78. The minimum atomic E-state index is -0.0420. The molecule has 2 N–H and O–H groups in total. The van der Waals surface area contributed by atoms with Gasteiger partial charge >= 0.3 is 0 Å². The van der Waals surface area contributed by atoms with Crippen molar-refractivity contribution in [2.75, 3.05) is 45.9 Å². The minimum absolute atomic E-state index is 0.0420. The van der Waals surface area contributed by atoms with Gasteiger partial charge in [-0.25, -0.2) is 0 Å². The maximum absolute atomic E-state index is 12.7. The number of amides is 1. The van der Waals surface area contributed by atoms with Gasteiger partial charge in [0.25, 0.3) is 5.91 Å². The van der Waals surface area contributed by atoms with Gasteiger partial charge in [0.05, 0.1) is 13.2 Å². The SMILES string of the molecule is CC(C)CNC1CCc2c(c(C(=O)NCCN3CCOCC3)nn2C)C1. The molecule has 146 valence electrons. The number of nitrogens with zero attached hydrogens (tertiary/aromatic N) is 3. The molecule has 0 spiro atoms. The van der Waals surface area contributed by atoms with Crippen LogP contribution in [0, 0.1) is 5.92 Å². The summed E-state index contributed by atoms with van der Waals surface area (Å²) in [6.07, 6.45) is 2.98. The van der Waals surface area contributed by atoms with Crippen LogP contribution in [0.5, 0.6) is 0 Å². The van der Waals surface area contributed by atoms with Crippen LogP contribution in [0.3, 0.4) is 0 Å². The van der Waals surface area contributed by atoms with Crippen LogP contribution in [0.1, 0.15) is 42.0 Å². The lowest BCUT2D eigenvalue weighted by Crippen LogP contribution is -2.41. The van der Waals surface area contributed by atoms with Crippen LogP contribution in [0.2, 0.25) is 0 Å². The molecule has 2 heterocycles. The van der Waals surface area contributed by atoms with Gasteiger partial charge in [0.1, 0.15) is 0 Å². The van der Waals surface area contributed by atoms with Crippen LogP contribution in [-0.4, -0.2) is 72.6 Å². The Morgan fingerprint density at radius 1 is 1.35 bits per heavy atom. The summed E-state index contributed by atoms with van der Waals surface area (Å²) >= 11 is 0. The summed E-state index contributed by atoms with van der Waals surface area (Å²) < 4.78 is 7.25. The van der Waals surface area contributed by atoms with Crippen LogP contribution in [0.4, 0.5) is 0 Å². The second-order valence-electron chi connectivity index (χ2n) is 7.85. The number of hydrogen-bond donors (Lipinski definition) is 2. The van der Waals surface area contributed by atoms with Crippen molar-refractivity contribution >= 4 is 5.91 Å². The van der Waals surface area contributed by atoms with Crippen LogP contribution in [0.25, 0.3) is 0 Å². The third kappa shape index (κ3) is 4.84. The van der Waals surface area contributed by atoms with E-state index in [4.69, 9.17) is 4.74 Å². The van der Waals surface area contributed by atoms with E-state index >= 15 is 0 Å². The van der Waals surface area contributed by atoms with Gasteiger partial charge in [-0.15, -0.1) is 0 Å². The van der Waals surface area contributed by atoms with E-state index in [-0.39, 0.29) is 5.91 Å². The lowest BCUT2D eigenvalue weighted by molar-refractivity contribution is 0.0383. The number of nitrogens with one attached hydrogen (secondary N) is 2. The van der Waals surface area contributed by atoms with Gasteiger partial charge in [-0.3, -0.25) is 14.4 Å². The Balaban J connectivity index is 1.57. The number of morpholine rings is 1. The van der Waals surface area contributed by atoms with Crippen molar-refractivity contribution in [2.24, 2.45) is 13.0 Å². The Labute approximate surface area is 156 Å². The molecule has 1 atom stereocenters. The lowest BCUT2D eigenvalue weighted by atomic mass is 9.91. The molecule has 1 aliphatic carbocycles. The minimum Gasteiger partial charge on any atom is -0.379 e. The summed E-state index contributed by atoms with van der Waals surface area (Å²) in [7, 11) is 1.95. The third-order valence-electron chi connectivity index (χ3n) is 5.30. The molecule has 1 aliphatic heterocycles. The molecular formula is C19H33N5O2. The molecule has 2 aliphatic rings. The van der Waals surface area contributed by atoms with Crippen molar-refractivity contribution < 1.29 is 9.53 Å². The van der Waals surface area contributed by atoms with Gasteiger partial charge in [0.15, 0.2) is 5.69 Å². The van der Waals surface area contributed by atoms with E-state index < -0.39 is 0 Å². The van der Waals surface area contributed by atoms with Crippen molar-refractivity contribution in [1.29, 1.82) is 0 Å². The smallest absolute Gasteiger partial charge is 0.272 e. The third-order valence-corrected chi connectivity index (χ3v) is 5.30. The molecule has 0 bridgehead atoms. The predicted molar refractivity (Wildman–Crippen MR) is 101 cm³/mol. The molecule has 26 heavy (non-hydrogen) atoms. The molecule has 0 radical (unpaired) electrons. The number of aryl methyl sites for hydroxylation is 1. The normalized spacial score (nSPS) is 21.0. The molecule has 7 heteroatoms. The van der Waals surface area contributed by atoms with E-state index in [1.807, 2.05) is 11.7 Å². The average Bonchev–Trinajstić information content (AvgIpc) is 2.97.